The van der Waals surface area contributed by atoms with Crippen molar-refractivity contribution in [3.05, 3.63) is 22.2 Å². The van der Waals surface area contributed by atoms with E-state index < -0.39 is 0 Å². The van der Waals surface area contributed by atoms with E-state index in [2.05, 4.69) is 43.1 Å². The van der Waals surface area contributed by atoms with Crippen LogP contribution in [-0.2, 0) is 19.5 Å². The van der Waals surface area contributed by atoms with Crippen molar-refractivity contribution in [2.75, 3.05) is 13.1 Å². The van der Waals surface area contributed by atoms with Crippen molar-refractivity contribution in [1.29, 1.82) is 0 Å². The Balaban J connectivity index is 1.39. The van der Waals surface area contributed by atoms with Crippen molar-refractivity contribution in [3.63, 3.8) is 0 Å². The van der Waals surface area contributed by atoms with E-state index >= 15 is 0 Å². The van der Waals surface area contributed by atoms with Crippen LogP contribution in [0.15, 0.2) is 0 Å². The van der Waals surface area contributed by atoms with Crippen LogP contribution in [0.25, 0.3) is 0 Å². The van der Waals surface area contributed by atoms with Crippen molar-refractivity contribution >= 4 is 11.5 Å². The first-order valence-electron chi connectivity index (χ1n) is 9.68. The average molecular weight is 361 g/mol. The lowest BCUT2D eigenvalue weighted by Gasteiger charge is -2.31. The monoisotopic (exact) mass is 360 g/mol. The molecule has 0 spiro atoms. The lowest BCUT2D eigenvalue weighted by Crippen LogP contribution is -2.33. The Kier molecular flexibility index (Phi) is 5.12. The SMILES string of the molecule is CC(C)c1nnsc1CN1CCC(c2nnc3n2CCCCC3)CC1. The predicted octanol–water partition coefficient (Wildman–Crippen LogP) is 3.36. The Bertz CT molecular complexity index is 698. The van der Waals surface area contributed by atoms with Crippen LogP contribution in [-0.4, -0.2) is 42.3 Å². The van der Waals surface area contributed by atoms with E-state index in [1.165, 1.54) is 54.3 Å². The molecule has 0 aliphatic carbocycles. The molecule has 6 nitrogen and oxygen atoms in total. The zero-order chi connectivity index (χ0) is 17.2. The fourth-order valence-electron chi connectivity index (χ4n) is 4.13. The molecule has 0 aromatic carbocycles. The fraction of sp³-hybridized carbons (Fsp3) is 0.778. The van der Waals surface area contributed by atoms with Crippen LogP contribution >= 0.6 is 11.5 Å². The Morgan fingerprint density at radius 1 is 1.04 bits per heavy atom. The minimum atomic E-state index is 0.456. The molecule has 0 N–H and O–H groups in total. The molecule has 4 heterocycles. The van der Waals surface area contributed by atoms with Crippen LogP contribution in [0.5, 0.6) is 0 Å². The van der Waals surface area contributed by atoms with Crippen LogP contribution in [0.1, 0.15) is 80.0 Å². The van der Waals surface area contributed by atoms with Crippen molar-refractivity contribution < 1.29 is 0 Å². The van der Waals surface area contributed by atoms with Gasteiger partial charge < -0.3 is 4.57 Å². The van der Waals surface area contributed by atoms with E-state index in [-0.39, 0.29) is 0 Å². The topological polar surface area (TPSA) is 59.7 Å². The van der Waals surface area contributed by atoms with Gasteiger partial charge in [-0.05, 0) is 56.2 Å². The summed E-state index contributed by atoms with van der Waals surface area (Å²) in [5.74, 6) is 3.49. The Morgan fingerprint density at radius 2 is 1.88 bits per heavy atom. The molecular weight excluding hydrogens is 332 g/mol. The maximum atomic E-state index is 4.58. The standard InChI is InChI=1S/C18H28N6S/c1-13(2)17-15(25-22-20-17)12-23-10-7-14(8-11-23)18-21-19-16-6-4-3-5-9-24(16)18/h13-14H,3-12H2,1-2H3. The average Bonchev–Trinajstić information content (AvgIpc) is 3.17. The number of aromatic nitrogens is 5. The molecule has 2 aliphatic rings. The minimum Gasteiger partial charge on any atom is -0.315 e. The molecule has 0 radical (unpaired) electrons. The largest absolute Gasteiger partial charge is 0.315 e. The molecule has 0 bridgehead atoms. The number of hydrogen-bond acceptors (Lipinski definition) is 6. The normalized spacial score (nSPS) is 20.0. The third kappa shape index (κ3) is 3.62. The van der Waals surface area contributed by atoms with Crippen LogP contribution in [0, 0.1) is 0 Å². The number of nitrogens with zero attached hydrogens (tertiary/aromatic N) is 6. The Labute approximate surface area is 153 Å². The molecule has 4 rings (SSSR count). The van der Waals surface area contributed by atoms with E-state index in [1.54, 1.807) is 11.5 Å². The third-order valence-corrected chi connectivity index (χ3v) is 6.31. The summed E-state index contributed by atoms with van der Waals surface area (Å²) in [6.07, 6.45) is 7.32. The number of fused-ring (bicyclic) bond motifs is 1. The number of aryl methyl sites for hydroxylation is 1. The lowest BCUT2D eigenvalue weighted by molar-refractivity contribution is 0.200. The highest BCUT2D eigenvalue weighted by Crippen LogP contribution is 2.30. The van der Waals surface area contributed by atoms with Gasteiger partial charge in [-0.1, -0.05) is 24.8 Å². The first-order chi connectivity index (χ1) is 12.2. The fourth-order valence-corrected chi connectivity index (χ4v) is 4.96. The molecule has 2 aromatic heterocycles. The quantitative estimate of drug-likeness (QED) is 0.837. The van der Waals surface area contributed by atoms with Gasteiger partial charge in [0.2, 0.25) is 0 Å². The summed E-state index contributed by atoms with van der Waals surface area (Å²) in [5.41, 5.74) is 1.18. The van der Waals surface area contributed by atoms with E-state index in [0.29, 0.717) is 11.8 Å². The summed E-state index contributed by atoms with van der Waals surface area (Å²) in [6, 6.07) is 0. The molecule has 0 atom stereocenters. The molecule has 2 aliphatic heterocycles. The zero-order valence-electron chi connectivity index (χ0n) is 15.3. The van der Waals surface area contributed by atoms with Crippen LogP contribution in [0.3, 0.4) is 0 Å². The Hall–Kier alpha value is -1.34. The second kappa shape index (κ2) is 7.50. The van der Waals surface area contributed by atoms with Crippen molar-refractivity contribution in [1.82, 2.24) is 29.3 Å². The second-order valence-electron chi connectivity index (χ2n) is 7.72. The molecule has 1 saturated heterocycles. The molecule has 2 aromatic rings. The third-order valence-electron chi connectivity index (χ3n) is 5.59. The summed E-state index contributed by atoms with van der Waals surface area (Å²) in [4.78, 5) is 3.89. The van der Waals surface area contributed by atoms with Gasteiger partial charge in [-0.3, -0.25) is 4.90 Å². The highest BCUT2D eigenvalue weighted by Gasteiger charge is 2.27. The van der Waals surface area contributed by atoms with Gasteiger partial charge in [0, 0.05) is 25.4 Å². The van der Waals surface area contributed by atoms with E-state index in [4.69, 9.17) is 0 Å². The number of likely N-dealkylation sites (tertiary alicyclic amines) is 1. The number of hydrogen-bond donors (Lipinski definition) is 0. The maximum Gasteiger partial charge on any atom is 0.136 e. The van der Waals surface area contributed by atoms with Gasteiger partial charge in [0.25, 0.3) is 0 Å². The first kappa shape index (κ1) is 17.1. The van der Waals surface area contributed by atoms with Gasteiger partial charge in [0.05, 0.1) is 10.6 Å². The Morgan fingerprint density at radius 3 is 2.68 bits per heavy atom. The smallest absolute Gasteiger partial charge is 0.136 e. The highest BCUT2D eigenvalue weighted by atomic mass is 32.1. The van der Waals surface area contributed by atoms with Gasteiger partial charge in [-0.15, -0.1) is 15.3 Å². The van der Waals surface area contributed by atoms with Crippen LogP contribution in [0.2, 0.25) is 0 Å². The molecule has 0 amide bonds. The van der Waals surface area contributed by atoms with E-state index in [1.807, 2.05) is 0 Å². The molecular formula is C18H28N6S. The molecule has 1 fully saturated rings. The maximum absolute atomic E-state index is 4.58. The van der Waals surface area contributed by atoms with Crippen LogP contribution < -0.4 is 0 Å². The summed E-state index contributed by atoms with van der Waals surface area (Å²) in [6.45, 7) is 8.76. The van der Waals surface area contributed by atoms with Crippen molar-refractivity contribution in [2.45, 2.75) is 77.3 Å². The second-order valence-corrected chi connectivity index (χ2v) is 8.56. The van der Waals surface area contributed by atoms with Crippen molar-refractivity contribution in [3.8, 4) is 0 Å². The zero-order valence-corrected chi connectivity index (χ0v) is 16.1. The summed E-state index contributed by atoms with van der Waals surface area (Å²) in [7, 11) is 0. The molecule has 7 heteroatoms. The summed E-state index contributed by atoms with van der Waals surface area (Å²) < 4.78 is 6.59. The van der Waals surface area contributed by atoms with E-state index in [9.17, 15) is 0 Å². The molecule has 0 unspecified atom stereocenters. The van der Waals surface area contributed by atoms with Crippen molar-refractivity contribution in [2.24, 2.45) is 0 Å². The van der Waals surface area contributed by atoms with Crippen LogP contribution in [0.4, 0.5) is 0 Å². The van der Waals surface area contributed by atoms with Gasteiger partial charge in [0.15, 0.2) is 0 Å². The molecule has 0 saturated carbocycles. The number of rotatable bonds is 4. The minimum absolute atomic E-state index is 0.456. The highest BCUT2D eigenvalue weighted by molar-refractivity contribution is 7.05. The number of piperidine rings is 1. The molecule has 25 heavy (non-hydrogen) atoms. The first-order valence-corrected chi connectivity index (χ1v) is 10.4. The lowest BCUT2D eigenvalue weighted by atomic mass is 9.95. The van der Waals surface area contributed by atoms with Gasteiger partial charge in [-0.25, -0.2) is 0 Å². The van der Waals surface area contributed by atoms with Gasteiger partial charge in [-0.2, -0.15) is 0 Å². The van der Waals surface area contributed by atoms with Gasteiger partial charge in [0.1, 0.15) is 11.6 Å². The summed E-state index contributed by atoms with van der Waals surface area (Å²) >= 11 is 1.56. The summed E-state index contributed by atoms with van der Waals surface area (Å²) in [5, 5.41) is 13.4. The van der Waals surface area contributed by atoms with E-state index in [0.717, 1.165) is 32.6 Å². The van der Waals surface area contributed by atoms with Gasteiger partial charge >= 0.3 is 0 Å². The molecule has 136 valence electrons. The predicted molar refractivity (Wildman–Crippen MR) is 98.8 cm³/mol.